The lowest BCUT2D eigenvalue weighted by Gasteiger charge is -2.13. The molecule has 0 saturated heterocycles. The van der Waals surface area contributed by atoms with Crippen molar-refractivity contribution in [1.82, 2.24) is 9.97 Å². The summed E-state index contributed by atoms with van der Waals surface area (Å²) in [6, 6.07) is 14.7. The number of benzene rings is 2. The fraction of sp³-hybridized carbons (Fsp3) is 0.0556. The molecule has 8 heteroatoms. The van der Waals surface area contributed by atoms with Crippen LogP contribution in [0.5, 0.6) is 5.88 Å². The highest BCUT2D eigenvalue weighted by molar-refractivity contribution is 7.80. The summed E-state index contributed by atoms with van der Waals surface area (Å²) in [4.78, 5) is 8.43. The molecule has 0 saturated carbocycles. The average Bonchev–Trinajstić information content (AvgIpc) is 2.62. The number of rotatable bonds is 5. The first-order chi connectivity index (χ1) is 12.6. The number of nitrogens with zero attached hydrogens (tertiary/aromatic N) is 2. The van der Waals surface area contributed by atoms with Crippen LogP contribution in [0.4, 0.5) is 11.5 Å². The molecule has 0 aliphatic heterocycles. The summed E-state index contributed by atoms with van der Waals surface area (Å²) in [5.74, 6) is 0.724. The minimum Gasteiger partial charge on any atom is -0.470 e. The molecule has 0 aliphatic rings. The van der Waals surface area contributed by atoms with Crippen LogP contribution in [0.1, 0.15) is 5.56 Å². The van der Waals surface area contributed by atoms with Crippen molar-refractivity contribution >= 4 is 52.0 Å². The molecule has 132 valence electrons. The minimum atomic E-state index is 0.265. The molecule has 0 aliphatic carbocycles. The van der Waals surface area contributed by atoms with Gasteiger partial charge in [0.2, 0.25) is 0 Å². The fourth-order valence-electron chi connectivity index (χ4n) is 2.11. The van der Waals surface area contributed by atoms with E-state index >= 15 is 0 Å². The van der Waals surface area contributed by atoms with Crippen molar-refractivity contribution in [3.63, 3.8) is 0 Å². The average molecular weight is 405 g/mol. The van der Waals surface area contributed by atoms with E-state index in [1.807, 2.05) is 30.3 Å². The van der Waals surface area contributed by atoms with Gasteiger partial charge in [0.1, 0.15) is 6.61 Å². The Morgan fingerprint density at radius 1 is 1.00 bits per heavy atom. The SMILES string of the molecule is S=C(Nc1cccc(Cl)c1)Nc1nccnc1OCc1ccccc1Cl. The topological polar surface area (TPSA) is 59.1 Å². The quantitative estimate of drug-likeness (QED) is 0.571. The smallest absolute Gasteiger partial charge is 0.258 e. The molecule has 2 aromatic carbocycles. The van der Waals surface area contributed by atoms with E-state index in [4.69, 9.17) is 40.2 Å². The lowest BCUT2D eigenvalue weighted by atomic mass is 10.2. The Labute approximate surface area is 166 Å². The van der Waals surface area contributed by atoms with E-state index in [2.05, 4.69) is 20.6 Å². The van der Waals surface area contributed by atoms with Gasteiger partial charge >= 0.3 is 0 Å². The van der Waals surface area contributed by atoms with Crippen LogP contribution < -0.4 is 15.4 Å². The first-order valence-electron chi connectivity index (χ1n) is 7.62. The van der Waals surface area contributed by atoms with Crippen LogP contribution in [0.2, 0.25) is 10.0 Å². The number of thiocarbonyl (C=S) groups is 1. The largest absolute Gasteiger partial charge is 0.470 e. The molecule has 1 heterocycles. The lowest BCUT2D eigenvalue weighted by molar-refractivity contribution is 0.294. The molecule has 0 bridgehead atoms. The highest BCUT2D eigenvalue weighted by Gasteiger charge is 2.10. The zero-order valence-corrected chi connectivity index (χ0v) is 15.8. The van der Waals surface area contributed by atoms with Crippen LogP contribution >= 0.6 is 35.4 Å². The summed E-state index contributed by atoms with van der Waals surface area (Å²) in [5.41, 5.74) is 1.61. The van der Waals surface area contributed by atoms with E-state index in [1.165, 1.54) is 0 Å². The van der Waals surface area contributed by atoms with Gasteiger partial charge in [-0.1, -0.05) is 47.5 Å². The van der Waals surface area contributed by atoms with E-state index in [9.17, 15) is 0 Å². The van der Waals surface area contributed by atoms with E-state index in [1.54, 1.807) is 30.6 Å². The maximum Gasteiger partial charge on any atom is 0.258 e. The summed E-state index contributed by atoms with van der Waals surface area (Å²) in [5, 5.41) is 7.59. The van der Waals surface area contributed by atoms with Gasteiger partial charge in [-0.05, 0) is 36.5 Å². The minimum absolute atomic E-state index is 0.265. The highest BCUT2D eigenvalue weighted by atomic mass is 35.5. The second kappa shape index (κ2) is 8.80. The number of hydrogen-bond donors (Lipinski definition) is 2. The number of nitrogens with one attached hydrogen (secondary N) is 2. The number of halogens is 2. The third kappa shape index (κ3) is 5.05. The van der Waals surface area contributed by atoms with Crippen LogP contribution in [0.3, 0.4) is 0 Å². The van der Waals surface area contributed by atoms with Crippen LogP contribution in [0.25, 0.3) is 0 Å². The van der Waals surface area contributed by atoms with E-state index in [0.29, 0.717) is 26.9 Å². The van der Waals surface area contributed by atoms with Crippen LogP contribution in [0, 0.1) is 0 Å². The number of anilines is 2. The summed E-state index contributed by atoms with van der Waals surface area (Å²) in [7, 11) is 0. The first kappa shape index (κ1) is 18.4. The Hall–Kier alpha value is -2.41. The van der Waals surface area contributed by atoms with Crippen molar-refractivity contribution in [1.29, 1.82) is 0 Å². The van der Waals surface area contributed by atoms with Crippen molar-refractivity contribution < 1.29 is 4.74 Å². The Morgan fingerprint density at radius 2 is 1.81 bits per heavy atom. The summed E-state index contributed by atoms with van der Waals surface area (Å²) >= 11 is 17.4. The van der Waals surface area contributed by atoms with Gasteiger partial charge in [-0.25, -0.2) is 9.97 Å². The van der Waals surface area contributed by atoms with Gasteiger partial charge in [0.25, 0.3) is 5.88 Å². The van der Waals surface area contributed by atoms with Crippen LogP contribution in [-0.4, -0.2) is 15.1 Å². The fourth-order valence-corrected chi connectivity index (χ4v) is 2.71. The van der Waals surface area contributed by atoms with E-state index in [-0.39, 0.29) is 6.61 Å². The molecule has 3 rings (SSSR count). The first-order valence-corrected chi connectivity index (χ1v) is 8.79. The normalized spacial score (nSPS) is 10.2. The molecule has 5 nitrogen and oxygen atoms in total. The van der Waals surface area contributed by atoms with Gasteiger partial charge in [0, 0.05) is 33.7 Å². The molecule has 1 aromatic heterocycles. The van der Waals surface area contributed by atoms with Crippen molar-refractivity contribution in [3.05, 3.63) is 76.5 Å². The standard InChI is InChI=1S/C18H14Cl2N4OS/c19-13-5-3-6-14(10-13)23-18(26)24-16-17(22-9-8-21-16)25-11-12-4-1-2-7-15(12)20/h1-10H,11H2,(H2,21,23,24,26). The molecule has 0 atom stereocenters. The Morgan fingerprint density at radius 3 is 2.62 bits per heavy atom. The van der Waals surface area contributed by atoms with Crippen molar-refractivity contribution in [2.24, 2.45) is 0 Å². The molecule has 3 aromatic rings. The number of hydrogen-bond acceptors (Lipinski definition) is 4. The Balaban J connectivity index is 1.67. The van der Waals surface area contributed by atoms with Gasteiger partial charge in [0.05, 0.1) is 0 Å². The van der Waals surface area contributed by atoms with Gasteiger partial charge < -0.3 is 15.4 Å². The second-order valence-corrected chi connectivity index (χ2v) is 6.43. The van der Waals surface area contributed by atoms with Crippen molar-refractivity contribution in [3.8, 4) is 5.88 Å². The number of ether oxygens (including phenoxy) is 1. The zero-order valence-electron chi connectivity index (χ0n) is 13.4. The third-order valence-electron chi connectivity index (χ3n) is 3.30. The zero-order chi connectivity index (χ0) is 18.4. The van der Waals surface area contributed by atoms with Gasteiger partial charge in [-0.3, -0.25) is 0 Å². The van der Waals surface area contributed by atoms with Crippen molar-refractivity contribution in [2.45, 2.75) is 6.61 Å². The molecular weight excluding hydrogens is 391 g/mol. The van der Waals surface area contributed by atoms with Crippen LogP contribution in [-0.2, 0) is 6.61 Å². The molecular formula is C18H14Cl2N4OS. The molecule has 0 unspecified atom stereocenters. The maximum atomic E-state index is 6.14. The lowest BCUT2D eigenvalue weighted by Crippen LogP contribution is -2.20. The van der Waals surface area contributed by atoms with Crippen LogP contribution in [0.15, 0.2) is 60.9 Å². The van der Waals surface area contributed by atoms with Gasteiger partial charge in [-0.2, -0.15) is 0 Å². The molecule has 0 fully saturated rings. The summed E-state index contributed by atoms with van der Waals surface area (Å²) in [6.07, 6.45) is 3.09. The third-order valence-corrected chi connectivity index (χ3v) is 4.11. The molecule has 26 heavy (non-hydrogen) atoms. The Bertz CT molecular complexity index is 923. The molecule has 0 spiro atoms. The highest BCUT2D eigenvalue weighted by Crippen LogP contribution is 2.22. The van der Waals surface area contributed by atoms with Crippen molar-refractivity contribution in [2.75, 3.05) is 10.6 Å². The molecule has 2 N–H and O–H groups in total. The predicted molar refractivity (Wildman–Crippen MR) is 109 cm³/mol. The van der Waals surface area contributed by atoms with Gasteiger partial charge in [-0.15, -0.1) is 0 Å². The van der Waals surface area contributed by atoms with Gasteiger partial charge in [0.15, 0.2) is 10.9 Å². The Kier molecular flexibility index (Phi) is 6.22. The maximum absolute atomic E-state index is 6.14. The van der Waals surface area contributed by atoms with E-state index < -0.39 is 0 Å². The van der Waals surface area contributed by atoms with E-state index in [0.717, 1.165) is 11.3 Å². The second-order valence-electron chi connectivity index (χ2n) is 5.18. The predicted octanol–water partition coefficient (Wildman–Crippen LogP) is 5.17. The summed E-state index contributed by atoms with van der Waals surface area (Å²) < 4.78 is 5.75. The molecule has 0 amide bonds. The monoisotopic (exact) mass is 404 g/mol. The number of aromatic nitrogens is 2. The molecule has 0 radical (unpaired) electrons. The summed E-state index contributed by atoms with van der Waals surface area (Å²) in [6.45, 7) is 0.265.